The summed E-state index contributed by atoms with van der Waals surface area (Å²) in [5, 5.41) is 14.6. The maximum absolute atomic E-state index is 11.8. The van der Waals surface area contributed by atoms with Gasteiger partial charge in [0.15, 0.2) is 0 Å². The standard InChI is InChI=1S/C13H14N4OS/c1-2-12-17-10(8-19-12)3-4-15-13(18)11-5-9(6-14)7-16-11/h5,7-8,16H,2-4H2,1H3,(H,15,18). The second-order valence-electron chi connectivity index (χ2n) is 4.01. The summed E-state index contributed by atoms with van der Waals surface area (Å²) in [5.41, 5.74) is 1.87. The lowest BCUT2D eigenvalue weighted by atomic mass is 10.3. The number of nitrogens with zero attached hydrogens (tertiary/aromatic N) is 2. The van der Waals surface area contributed by atoms with Crippen LogP contribution in [0.5, 0.6) is 0 Å². The van der Waals surface area contributed by atoms with E-state index in [9.17, 15) is 4.79 Å². The van der Waals surface area contributed by atoms with Crippen LogP contribution in [0.2, 0.25) is 0 Å². The third-order valence-corrected chi connectivity index (χ3v) is 3.67. The van der Waals surface area contributed by atoms with Crippen molar-refractivity contribution < 1.29 is 4.79 Å². The fourth-order valence-corrected chi connectivity index (χ4v) is 2.39. The lowest BCUT2D eigenvalue weighted by Gasteiger charge is -2.01. The minimum atomic E-state index is -0.201. The van der Waals surface area contributed by atoms with Crippen molar-refractivity contribution in [2.75, 3.05) is 6.54 Å². The minimum absolute atomic E-state index is 0.201. The maximum atomic E-state index is 11.8. The molecule has 0 bridgehead atoms. The topological polar surface area (TPSA) is 81.6 Å². The Bertz CT molecular complexity index is 608. The smallest absolute Gasteiger partial charge is 0.267 e. The molecule has 0 aliphatic carbocycles. The van der Waals surface area contributed by atoms with Crippen LogP contribution in [0.1, 0.15) is 33.7 Å². The Morgan fingerprint density at radius 1 is 1.63 bits per heavy atom. The molecule has 0 atom stereocenters. The number of aryl methyl sites for hydroxylation is 1. The quantitative estimate of drug-likeness (QED) is 0.873. The number of amides is 1. The Labute approximate surface area is 115 Å². The van der Waals surface area contributed by atoms with E-state index in [4.69, 9.17) is 5.26 Å². The fraction of sp³-hybridized carbons (Fsp3) is 0.308. The Morgan fingerprint density at radius 3 is 3.11 bits per heavy atom. The highest BCUT2D eigenvalue weighted by Crippen LogP contribution is 2.10. The second-order valence-corrected chi connectivity index (χ2v) is 4.95. The fourth-order valence-electron chi connectivity index (χ4n) is 1.62. The zero-order valence-electron chi connectivity index (χ0n) is 10.6. The molecule has 2 N–H and O–H groups in total. The number of hydrogen-bond donors (Lipinski definition) is 2. The highest BCUT2D eigenvalue weighted by atomic mass is 32.1. The lowest BCUT2D eigenvalue weighted by Crippen LogP contribution is -2.26. The lowest BCUT2D eigenvalue weighted by molar-refractivity contribution is 0.0949. The van der Waals surface area contributed by atoms with E-state index in [1.54, 1.807) is 11.3 Å². The summed E-state index contributed by atoms with van der Waals surface area (Å²) in [6.07, 6.45) is 3.17. The largest absolute Gasteiger partial charge is 0.356 e. The van der Waals surface area contributed by atoms with Gasteiger partial charge in [0.1, 0.15) is 11.8 Å². The summed E-state index contributed by atoms with van der Waals surface area (Å²) >= 11 is 1.65. The number of nitrogens with one attached hydrogen (secondary N) is 2. The van der Waals surface area contributed by atoms with Crippen molar-refractivity contribution in [1.29, 1.82) is 5.26 Å². The van der Waals surface area contributed by atoms with Crippen LogP contribution >= 0.6 is 11.3 Å². The molecule has 0 saturated carbocycles. The molecular weight excluding hydrogens is 260 g/mol. The van der Waals surface area contributed by atoms with Crippen molar-refractivity contribution in [3.8, 4) is 6.07 Å². The van der Waals surface area contributed by atoms with Gasteiger partial charge in [-0.2, -0.15) is 5.26 Å². The molecule has 0 saturated heterocycles. The van der Waals surface area contributed by atoms with Gasteiger partial charge in [0, 0.05) is 24.5 Å². The predicted molar refractivity (Wildman–Crippen MR) is 73.0 cm³/mol. The molecule has 2 aromatic heterocycles. The van der Waals surface area contributed by atoms with Crippen molar-refractivity contribution >= 4 is 17.2 Å². The van der Waals surface area contributed by atoms with Crippen LogP contribution in [0, 0.1) is 11.3 Å². The first kappa shape index (κ1) is 13.3. The Balaban J connectivity index is 1.82. The van der Waals surface area contributed by atoms with Crippen LogP contribution in [0.25, 0.3) is 0 Å². The van der Waals surface area contributed by atoms with E-state index in [2.05, 4.69) is 22.2 Å². The molecular formula is C13H14N4OS. The molecule has 2 heterocycles. The van der Waals surface area contributed by atoms with Gasteiger partial charge in [-0.1, -0.05) is 6.92 Å². The number of H-pyrrole nitrogens is 1. The molecule has 2 aromatic rings. The van der Waals surface area contributed by atoms with Crippen molar-refractivity contribution in [2.45, 2.75) is 19.8 Å². The van der Waals surface area contributed by atoms with Crippen LogP contribution in [0.15, 0.2) is 17.6 Å². The molecule has 98 valence electrons. The maximum Gasteiger partial charge on any atom is 0.267 e. The van der Waals surface area contributed by atoms with Gasteiger partial charge in [-0.3, -0.25) is 4.79 Å². The van der Waals surface area contributed by atoms with Crippen LogP contribution in [-0.4, -0.2) is 22.4 Å². The number of rotatable bonds is 5. The number of aromatic nitrogens is 2. The first-order chi connectivity index (χ1) is 9.22. The molecule has 0 radical (unpaired) electrons. The Kier molecular flexibility index (Phi) is 4.31. The van der Waals surface area contributed by atoms with Crippen LogP contribution < -0.4 is 5.32 Å². The summed E-state index contributed by atoms with van der Waals surface area (Å²) in [5.74, 6) is -0.201. The normalized spacial score (nSPS) is 10.1. The zero-order chi connectivity index (χ0) is 13.7. The van der Waals surface area contributed by atoms with E-state index in [0.717, 1.165) is 17.1 Å². The first-order valence-electron chi connectivity index (χ1n) is 6.03. The zero-order valence-corrected chi connectivity index (χ0v) is 11.4. The summed E-state index contributed by atoms with van der Waals surface area (Å²) < 4.78 is 0. The number of thiazole rings is 1. The molecule has 6 heteroatoms. The van der Waals surface area contributed by atoms with E-state index in [1.165, 1.54) is 12.3 Å². The molecule has 19 heavy (non-hydrogen) atoms. The molecule has 0 aromatic carbocycles. The molecule has 0 unspecified atom stereocenters. The molecule has 2 rings (SSSR count). The van der Waals surface area contributed by atoms with Crippen LogP contribution in [-0.2, 0) is 12.8 Å². The number of hydrogen-bond acceptors (Lipinski definition) is 4. The molecule has 0 spiro atoms. The van der Waals surface area contributed by atoms with Gasteiger partial charge in [-0.05, 0) is 12.5 Å². The third-order valence-electron chi connectivity index (χ3n) is 2.63. The second kappa shape index (κ2) is 6.16. The van der Waals surface area contributed by atoms with Crippen molar-refractivity contribution in [3.63, 3.8) is 0 Å². The molecule has 1 amide bonds. The molecule has 0 fully saturated rings. The van der Waals surface area contributed by atoms with Gasteiger partial charge in [0.2, 0.25) is 0 Å². The summed E-state index contributed by atoms with van der Waals surface area (Å²) in [6.45, 7) is 2.61. The average Bonchev–Trinajstić information content (AvgIpc) is 3.07. The minimum Gasteiger partial charge on any atom is -0.356 e. The SMILES string of the molecule is CCc1nc(CCNC(=O)c2cc(C#N)c[nH]2)cs1. The van der Waals surface area contributed by atoms with Crippen LogP contribution in [0.4, 0.5) is 0 Å². The van der Waals surface area contributed by atoms with Crippen molar-refractivity contribution in [1.82, 2.24) is 15.3 Å². The number of nitriles is 1. The van der Waals surface area contributed by atoms with E-state index in [-0.39, 0.29) is 5.91 Å². The van der Waals surface area contributed by atoms with E-state index in [1.807, 2.05) is 11.4 Å². The average molecular weight is 274 g/mol. The van der Waals surface area contributed by atoms with Crippen molar-refractivity contribution in [3.05, 3.63) is 39.6 Å². The van der Waals surface area contributed by atoms with Crippen molar-refractivity contribution in [2.24, 2.45) is 0 Å². The number of aromatic amines is 1. The summed E-state index contributed by atoms with van der Waals surface area (Å²) in [6, 6.07) is 3.51. The van der Waals surface area contributed by atoms with E-state index < -0.39 is 0 Å². The van der Waals surface area contributed by atoms with Gasteiger partial charge in [-0.15, -0.1) is 11.3 Å². The molecule has 0 aliphatic rings. The van der Waals surface area contributed by atoms with Crippen LogP contribution in [0.3, 0.4) is 0 Å². The van der Waals surface area contributed by atoms with Gasteiger partial charge in [0.25, 0.3) is 5.91 Å². The third kappa shape index (κ3) is 3.42. The summed E-state index contributed by atoms with van der Waals surface area (Å²) in [4.78, 5) is 19.0. The van der Waals surface area contributed by atoms with Gasteiger partial charge < -0.3 is 10.3 Å². The van der Waals surface area contributed by atoms with E-state index >= 15 is 0 Å². The van der Waals surface area contributed by atoms with Gasteiger partial charge in [0.05, 0.1) is 16.3 Å². The summed E-state index contributed by atoms with van der Waals surface area (Å²) in [7, 11) is 0. The number of carbonyl (C=O) groups excluding carboxylic acids is 1. The highest BCUT2D eigenvalue weighted by molar-refractivity contribution is 7.09. The van der Waals surface area contributed by atoms with Gasteiger partial charge >= 0.3 is 0 Å². The van der Waals surface area contributed by atoms with E-state index in [0.29, 0.717) is 24.2 Å². The first-order valence-corrected chi connectivity index (χ1v) is 6.91. The predicted octanol–water partition coefficient (Wildman–Crippen LogP) is 1.88. The Morgan fingerprint density at radius 2 is 2.47 bits per heavy atom. The monoisotopic (exact) mass is 274 g/mol. The van der Waals surface area contributed by atoms with Gasteiger partial charge in [-0.25, -0.2) is 4.98 Å². The Hall–Kier alpha value is -2.13. The number of carbonyl (C=O) groups is 1. The molecule has 5 nitrogen and oxygen atoms in total. The molecule has 0 aliphatic heterocycles. The highest BCUT2D eigenvalue weighted by Gasteiger charge is 2.08.